The molecule has 8 heteroatoms. The number of aliphatic hydroxyl groups excluding tert-OH is 1. The number of likely N-dealkylation sites (N-methyl/N-ethyl adjacent to an activating group) is 1. The molecule has 24 heavy (non-hydrogen) atoms. The maximum absolute atomic E-state index is 11.8. The third-order valence-corrected chi connectivity index (χ3v) is 4.68. The molecule has 0 saturated carbocycles. The number of aromatic amines is 1. The molecule has 1 unspecified atom stereocenters. The monoisotopic (exact) mass is 349 g/mol. The second kappa shape index (κ2) is 6.76. The van der Waals surface area contributed by atoms with Crippen LogP contribution in [0.3, 0.4) is 0 Å². The minimum Gasteiger partial charge on any atom is -0.479 e. The number of nitrogens with zero attached hydrogens (tertiary/aromatic N) is 1. The molecule has 128 valence electrons. The van der Waals surface area contributed by atoms with Gasteiger partial charge in [0.2, 0.25) is 0 Å². The number of ether oxygens (including phenoxy) is 1. The van der Waals surface area contributed by atoms with E-state index in [0.717, 1.165) is 27.5 Å². The second-order valence-corrected chi connectivity index (χ2v) is 6.80. The van der Waals surface area contributed by atoms with E-state index in [1.807, 2.05) is 18.0 Å². The number of H-pyrrole nitrogens is 1. The summed E-state index contributed by atoms with van der Waals surface area (Å²) in [5.74, 6) is 0.420. The van der Waals surface area contributed by atoms with Gasteiger partial charge >= 0.3 is 4.87 Å². The van der Waals surface area contributed by atoms with E-state index >= 15 is 0 Å². The summed E-state index contributed by atoms with van der Waals surface area (Å²) in [6, 6.07) is 5.45. The molecule has 0 spiro atoms. The quantitative estimate of drug-likeness (QED) is 0.755. The van der Waals surface area contributed by atoms with E-state index in [9.17, 15) is 9.59 Å². The molecule has 1 amide bonds. The maximum Gasteiger partial charge on any atom is 0.305 e. The molecule has 1 aromatic heterocycles. The summed E-state index contributed by atoms with van der Waals surface area (Å²) in [4.78, 5) is 29.1. The molecule has 2 heterocycles. The molecule has 3 N–H and O–H groups in total. The van der Waals surface area contributed by atoms with Crippen LogP contribution in [0.2, 0.25) is 0 Å². The van der Waals surface area contributed by atoms with Crippen molar-refractivity contribution in [3.05, 3.63) is 32.7 Å². The highest BCUT2D eigenvalue weighted by Crippen LogP contribution is 2.35. The molecular weight excluding hydrogens is 330 g/mol. The third kappa shape index (κ3) is 3.35. The highest BCUT2D eigenvalue weighted by Gasteiger charge is 2.24. The summed E-state index contributed by atoms with van der Waals surface area (Å²) in [7, 11) is 1.88. The Kier molecular flexibility index (Phi) is 4.70. The largest absolute Gasteiger partial charge is 0.479 e. The lowest BCUT2D eigenvalue weighted by molar-refractivity contribution is -0.122. The van der Waals surface area contributed by atoms with Crippen molar-refractivity contribution in [2.45, 2.75) is 19.6 Å². The number of amides is 1. The fourth-order valence-electron chi connectivity index (χ4n) is 2.56. The zero-order chi connectivity index (χ0) is 17.3. The van der Waals surface area contributed by atoms with E-state index in [4.69, 9.17) is 9.84 Å². The van der Waals surface area contributed by atoms with E-state index in [-0.39, 0.29) is 17.4 Å². The van der Waals surface area contributed by atoms with E-state index in [1.54, 1.807) is 19.1 Å². The average molecular weight is 349 g/mol. The number of carbonyl (C=O) groups is 1. The first-order valence-corrected chi connectivity index (χ1v) is 8.43. The van der Waals surface area contributed by atoms with E-state index in [1.165, 1.54) is 0 Å². The smallest absolute Gasteiger partial charge is 0.305 e. The van der Waals surface area contributed by atoms with Crippen LogP contribution < -0.4 is 14.9 Å². The number of benzene rings is 1. The third-order valence-electron chi connectivity index (χ3n) is 3.82. The van der Waals surface area contributed by atoms with Crippen LogP contribution in [0.25, 0.3) is 11.3 Å². The number of hydrogen-bond donors (Lipinski definition) is 3. The summed E-state index contributed by atoms with van der Waals surface area (Å²) in [5, 5.41) is 11.8. The van der Waals surface area contributed by atoms with Crippen molar-refractivity contribution in [2.75, 3.05) is 25.5 Å². The highest BCUT2D eigenvalue weighted by molar-refractivity contribution is 7.09. The van der Waals surface area contributed by atoms with Crippen LogP contribution in [0.15, 0.2) is 23.0 Å². The Balaban J connectivity index is 1.94. The van der Waals surface area contributed by atoms with Gasteiger partial charge in [0, 0.05) is 23.5 Å². The van der Waals surface area contributed by atoms with Crippen LogP contribution in [0.4, 0.5) is 5.69 Å². The van der Waals surface area contributed by atoms with Crippen molar-refractivity contribution in [1.29, 1.82) is 0 Å². The van der Waals surface area contributed by atoms with Crippen LogP contribution in [0.5, 0.6) is 5.75 Å². The van der Waals surface area contributed by atoms with Crippen molar-refractivity contribution in [3.8, 4) is 17.0 Å². The molecule has 2 aromatic rings. The Morgan fingerprint density at radius 3 is 2.92 bits per heavy atom. The van der Waals surface area contributed by atoms with Crippen LogP contribution in [-0.4, -0.2) is 47.2 Å². The van der Waals surface area contributed by atoms with Crippen molar-refractivity contribution in [3.63, 3.8) is 0 Å². The summed E-state index contributed by atoms with van der Waals surface area (Å²) < 4.78 is 5.55. The van der Waals surface area contributed by atoms with E-state index < -0.39 is 6.10 Å². The van der Waals surface area contributed by atoms with Crippen molar-refractivity contribution in [2.24, 2.45) is 0 Å². The predicted octanol–water partition coefficient (Wildman–Crippen LogP) is 1.25. The molecule has 1 aliphatic rings. The number of thiazole rings is 1. The second-order valence-electron chi connectivity index (χ2n) is 5.73. The molecule has 1 aromatic carbocycles. The minimum absolute atomic E-state index is 0.0611. The number of carbonyl (C=O) groups excluding carboxylic acids is 1. The summed E-state index contributed by atoms with van der Waals surface area (Å²) in [6.45, 7) is 2.83. The zero-order valence-electron chi connectivity index (χ0n) is 13.5. The first kappa shape index (κ1) is 16.7. The summed E-state index contributed by atoms with van der Waals surface area (Å²) in [6.07, 6.45) is -0.521. The zero-order valence-corrected chi connectivity index (χ0v) is 14.3. The van der Waals surface area contributed by atoms with Gasteiger partial charge in [0.15, 0.2) is 6.10 Å². The number of anilines is 1. The van der Waals surface area contributed by atoms with Crippen LogP contribution >= 0.6 is 11.3 Å². The number of aromatic nitrogens is 1. The fourth-order valence-corrected chi connectivity index (χ4v) is 3.50. The van der Waals surface area contributed by atoms with Crippen LogP contribution in [0, 0.1) is 0 Å². The van der Waals surface area contributed by atoms with Gasteiger partial charge in [-0.2, -0.15) is 0 Å². The Morgan fingerprint density at radius 1 is 1.38 bits per heavy atom. The van der Waals surface area contributed by atoms with Gasteiger partial charge in [-0.1, -0.05) is 11.3 Å². The van der Waals surface area contributed by atoms with Crippen LogP contribution in [0.1, 0.15) is 11.8 Å². The molecule has 0 bridgehead atoms. The first-order valence-electron chi connectivity index (χ1n) is 7.61. The van der Waals surface area contributed by atoms with Gasteiger partial charge in [-0.25, -0.2) is 0 Å². The number of fused-ring (bicyclic) bond motifs is 1. The predicted molar refractivity (Wildman–Crippen MR) is 92.5 cm³/mol. The number of rotatable bonds is 5. The molecule has 0 fully saturated rings. The Hall–Kier alpha value is -2.16. The Labute approximate surface area is 142 Å². The van der Waals surface area contributed by atoms with Gasteiger partial charge in [-0.15, -0.1) is 0 Å². The van der Waals surface area contributed by atoms with Gasteiger partial charge < -0.3 is 20.1 Å². The Morgan fingerprint density at radius 2 is 2.17 bits per heavy atom. The molecule has 0 aliphatic carbocycles. The SMILES string of the molecule is CC1Oc2ccc(-c3[nH]c(=O)sc3CN(C)CCO)cc2NC1=O. The lowest BCUT2D eigenvalue weighted by Crippen LogP contribution is -2.34. The fraction of sp³-hybridized carbons (Fsp3) is 0.375. The molecule has 0 saturated heterocycles. The van der Waals surface area contributed by atoms with E-state index in [2.05, 4.69) is 10.3 Å². The van der Waals surface area contributed by atoms with Crippen LogP contribution in [-0.2, 0) is 11.3 Å². The van der Waals surface area contributed by atoms with Gasteiger partial charge in [0.25, 0.3) is 5.91 Å². The molecule has 1 atom stereocenters. The molecule has 3 rings (SSSR count). The van der Waals surface area contributed by atoms with Gasteiger partial charge in [-0.05, 0) is 32.2 Å². The summed E-state index contributed by atoms with van der Waals surface area (Å²) >= 11 is 1.15. The minimum atomic E-state index is -0.521. The maximum atomic E-state index is 11.8. The van der Waals surface area contributed by atoms with E-state index in [0.29, 0.717) is 24.5 Å². The lowest BCUT2D eigenvalue weighted by Gasteiger charge is -2.23. The topological polar surface area (TPSA) is 94.7 Å². The normalized spacial score (nSPS) is 16.7. The molecular formula is C16H19N3O4S. The number of nitrogens with one attached hydrogen (secondary N) is 2. The van der Waals surface area contributed by atoms with Gasteiger partial charge in [-0.3, -0.25) is 14.5 Å². The Bertz CT molecular complexity index is 814. The lowest BCUT2D eigenvalue weighted by atomic mass is 10.1. The average Bonchev–Trinajstić information content (AvgIpc) is 2.88. The van der Waals surface area contributed by atoms with Crippen molar-refractivity contribution < 1.29 is 14.6 Å². The highest BCUT2D eigenvalue weighted by atomic mass is 32.1. The first-order chi connectivity index (χ1) is 11.5. The van der Waals surface area contributed by atoms with Gasteiger partial charge in [0.05, 0.1) is 18.0 Å². The summed E-state index contributed by atoms with van der Waals surface area (Å²) in [5.41, 5.74) is 2.13. The van der Waals surface area contributed by atoms with Crippen molar-refractivity contribution >= 4 is 22.9 Å². The molecule has 7 nitrogen and oxygen atoms in total. The van der Waals surface area contributed by atoms with Crippen molar-refractivity contribution in [1.82, 2.24) is 9.88 Å². The van der Waals surface area contributed by atoms with Gasteiger partial charge in [0.1, 0.15) is 5.75 Å². The molecule has 1 aliphatic heterocycles. The molecule has 0 radical (unpaired) electrons. The number of aliphatic hydroxyl groups is 1. The number of hydrogen-bond acceptors (Lipinski definition) is 6. The standard InChI is InChI=1S/C16H19N3O4S/c1-9-15(21)17-11-7-10(3-4-12(11)23-9)14-13(24-16(22)18-14)8-19(2)5-6-20/h3-4,7,9,20H,5-6,8H2,1-2H3,(H,17,21)(H,18,22).